The normalized spacial score (nSPS) is 16.1. The van der Waals surface area contributed by atoms with Crippen LogP contribution in [-0.4, -0.2) is 6.04 Å². The van der Waals surface area contributed by atoms with Crippen LogP contribution in [0.15, 0.2) is 54.6 Å². The molecule has 104 valence electrons. The average molecular weight is 265 g/mol. The largest absolute Gasteiger partial charge is 0.310 e. The number of rotatable bonds is 6. The topological polar surface area (TPSA) is 12.0 Å². The summed E-state index contributed by atoms with van der Waals surface area (Å²) < 4.78 is 0. The monoisotopic (exact) mass is 265 g/mol. The molecule has 0 radical (unpaired) electrons. The lowest BCUT2D eigenvalue weighted by atomic mass is 10.0. The molecule has 1 aliphatic carbocycles. The summed E-state index contributed by atoms with van der Waals surface area (Å²) in [5, 5.41) is 3.67. The Morgan fingerprint density at radius 3 is 2.45 bits per heavy atom. The molecule has 1 nitrogen and oxygen atoms in total. The van der Waals surface area contributed by atoms with Gasteiger partial charge < -0.3 is 5.32 Å². The Balaban J connectivity index is 1.56. The molecule has 0 aliphatic heterocycles. The fourth-order valence-electron chi connectivity index (χ4n) is 2.81. The smallest absolute Gasteiger partial charge is 0.0210 e. The lowest BCUT2D eigenvalue weighted by Crippen LogP contribution is -2.27. The number of hydrogen-bond acceptors (Lipinski definition) is 1. The molecule has 20 heavy (non-hydrogen) atoms. The lowest BCUT2D eigenvalue weighted by Gasteiger charge is -2.16. The van der Waals surface area contributed by atoms with Crippen molar-refractivity contribution in [3.63, 3.8) is 0 Å². The van der Waals surface area contributed by atoms with Gasteiger partial charge in [-0.1, -0.05) is 54.6 Å². The highest BCUT2D eigenvalue weighted by Crippen LogP contribution is 2.41. The SMILES string of the molecule is CC(Cc1ccccc1)NCc1ccccc1C1CC1. The second-order valence-corrected chi connectivity index (χ2v) is 5.94. The van der Waals surface area contributed by atoms with E-state index >= 15 is 0 Å². The Morgan fingerprint density at radius 2 is 1.70 bits per heavy atom. The van der Waals surface area contributed by atoms with Crippen LogP contribution in [0.5, 0.6) is 0 Å². The first-order valence-electron chi connectivity index (χ1n) is 7.68. The van der Waals surface area contributed by atoms with Crippen molar-refractivity contribution in [3.05, 3.63) is 71.3 Å². The van der Waals surface area contributed by atoms with Gasteiger partial charge in [0.2, 0.25) is 0 Å². The fourth-order valence-corrected chi connectivity index (χ4v) is 2.81. The molecule has 2 aromatic carbocycles. The van der Waals surface area contributed by atoms with E-state index < -0.39 is 0 Å². The molecular formula is C19H23N. The Kier molecular flexibility index (Phi) is 4.17. The number of benzene rings is 2. The van der Waals surface area contributed by atoms with E-state index in [4.69, 9.17) is 0 Å². The third-order valence-electron chi connectivity index (χ3n) is 4.10. The van der Waals surface area contributed by atoms with Crippen molar-refractivity contribution >= 4 is 0 Å². The van der Waals surface area contributed by atoms with Crippen molar-refractivity contribution in [2.75, 3.05) is 0 Å². The van der Waals surface area contributed by atoms with Gasteiger partial charge in [-0.2, -0.15) is 0 Å². The van der Waals surface area contributed by atoms with E-state index in [1.54, 1.807) is 5.56 Å². The van der Waals surface area contributed by atoms with Crippen molar-refractivity contribution in [2.24, 2.45) is 0 Å². The van der Waals surface area contributed by atoms with Gasteiger partial charge in [0.05, 0.1) is 0 Å². The lowest BCUT2D eigenvalue weighted by molar-refractivity contribution is 0.543. The van der Waals surface area contributed by atoms with Crippen molar-refractivity contribution in [1.82, 2.24) is 5.32 Å². The van der Waals surface area contributed by atoms with Crippen LogP contribution in [0.2, 0.25) is 0 Å². The predicted molar refractivity (Wildman–Crippen MR) is 84.9 cm³/mol. The summed E-state index contributed by atoms with van der Waals surface area (Å²) in [5.41, 5.74) is 4.45. The first-order valence-corrected chi connectivity index (χ1v) is 7.68. The van der Waals surface area contributed by atoms with E-state index in [1.165, 1.54) is 24.0 Å². The zero-order valence-corrected chi connectivity index (χ0v) is 12.2. The van der Waals surface area contributed by atoms with Gasteiger partial charge >= 0.3 is 0 Å². The molecule has 1 N–H and O–H groups in total. The first kappa shape index (κ1) is 13.4. The van der Waals surface area contributed by atoms with Gasteiger partial charge in [-0.3, -0.25) is 0 Å². The van der Waals surface area contributed by atoms with Crippen LogP contribution in [0.25, 0.3) is 0 Å². The van der Waals surface area contributed by atoms with Gasteiger partial charge in [0.25, 0.3) is 0 Å². The van der Waals surface area contributed by atoms with Crippen molar-refractivity contribution in [2.45, 2.75) is 44.7 Å². The maximum absolute atomic E-state index is 3.67. The standard InChI is InChI=1S/C19H23N/c1-15(13-16-7-3-2-4-8-16)20-14-18-9-5-6-10-19(18)17-11-12-17/h2-10,15,17,20H,11-14H2,1H3. The third-order valence-corrected chi connectivity index (χ3v) is 4.10. The number of hydrogen-bond donors (Lipinski definition) is 1. The highest BCUT2D eigenvalue weighted by molar-refractivity contribution is 5.33. The molecule has 1 fully saturated rings. The molecule has 1 heteroatoms. The molecule has 0 saturated heterocycles. The number of nitrogens with one attached hydrogen (secondary N) is 1. The molecule has 0 heterocycles. The summed E-state index contributed by atoms with van der Waals surface area (Å²) >= 11 is 0. The van der Waals surface area contributed by atoms with Gasteiger partial charge in [-0.25, -0.2) is 0 Å². The Hall–Kier alpha value is -1.60. The first-order chi connectivity index (χ1) is 9.83. The molecule has 0 bridgehead atoms. The average Bonchev–Trinajstić information content (AvgIpc) is 3.31. The summed E-state index contributed by atoms with van der Waals surface area (Å²) in [6, 6.07) is 20.1. The Bertz CT molecular complexity index is 543. The van der Waals surface area contributed by atoms with Crippen LogP contribution in [0.4, 0.5) is 0 Å². The molecule has 1 aliphatic rings. The van der Waals surface area contributed by atoms with E-state index in [1.807, 2.05) is 0 Å². The van der Waals surface area contributed by atoms with Gasteiger partial charge in [0.15, 0.2) is 0 Å². The van der Waals surface area contributed by atoms with Crippen molar-refractivity contribution in [3.8, 4) is 0 Å². The Labute approximate surface area is 122 Å². The molecule has 3 rings (SSSR count). The minimum Gasteiger partial charge on any atom is -0.310 e. The molecule has 0 aromatic heterocycles. The van der Waals surface area contributed by atoms with Crippen LogP contribution in [0.1, 0.15) is 42.4 Å². The third kappa shape index (κ3) is 3.49. The minimum atomic E-state index is 0.504. The summed E-state index contributed by atoms with van der Waals surface area (Å²) in [6.07, 6.45) is 3.83. The van der Waals surface area contributed by atoms with Crippen molar-refractivity contribution < 1.29 is 0 Å². The predicted octanol–water partition coefficient (Wildman–Crippen LogP) is 4.28. The summed E-state index contributed by atoms with van der Waals surface area (Å²) in [6.45, 7) is 3.26. The van der Waals surface area contributed by atoms with Crippen LogP contribution in [0, 0.1) is 0 Å². The van der Waals surface area contributed by atoms with Crippen LogP contribution >= 0.6 is 0 Å². The van der Waals surface area contributed by atoms with Gasteiger partial charge in [-0.05, 0) is 48.8 Å². The molecular weight excluding hydrogens is 242 g/mol. The molecule has 0 spiro atoms. The van der Waals surface area contributed by atoms with E-state index in [0.29, 0.717) is 6.04 Å². The maximum Gasteiger partial charge on any atom is 0.0210 e. The van der Waals surface area contributed by atoms with E-state index in [2.05, 4.69) is 66.8 Å². The second kappa shape index (κ2) is 6.23. The zero-order valence-electron chi connectivity index (χ0n) is 12.2. The molecule has 1 atom stereocenters. The van der Waals surface area contributed by atoms with E-state index in [-0.39, 0.29) is 0 Å². The molecule has 2 aromatic rings. The summed E-state index contributed by atoms with van der Waals surface area (Å²) in [5.74, 6) is 0.831. The van der Waals surface area contributed by atoms with Crippen molar-refractivity contribution in [1.29, 1.82) is 0 Å². The summed E-state index contributed by atoms with van der Waals surface area (Å²) in [4.78, 5) is 0. The van der Waals surface area contributed by atoms with E-state index in [0.717, 1.165) is 18.9 Å². The van der Waals surface area contributed by atoms with Crippen LogP contribution in [0.3, 0.4) is 0 Å². The maximum atomic E-state index is 3.67. The highest BCUT2D eigenvalue weighted by Gasteiger charge is 2.25. The second-order valence-electron chi connectivity index (χ2n) is 5.94. The minimum absolute atomic E-state index is 0.504. The van der Waals surface area contributed by atoms with Crippen LogP contribution < -0.4 is 5.32 Å². The highest BCUT2D eigenvalue weighted by atomic mass is 14.9. The summed E-state index contributed by atoms with van der Waals surface area (Å²) in [7, 11) is 0. The van der Waals surface area contributed by atoms with Crippen LogP contribution in [-0.2, 0) is 13.0 Å². The van der Waals surface area contributed by atoms with Gasteiger partial charge in [0, 0.05) is 12.6 Å². The fraction of sp³-hybridized carbons (Fsp3) is 0.368. The molecule has 1 unspecified atom stereocenters. The molecule has 0 amide bonds. The quantitative estimate of drug-likeness (QED) is 0.822. The van der Waals surface area contributed by atoms with Gasteiger partial charge in [-0.15, -0.1) is 0 Å². The zero-order chi connectivity index (χ0) is 13.8. The van der Waals surface area contributed by atoms with E-state index in [9.17, 15) is 0 Å². The Morgan fingerprint density at radius 1 is 1.00 bits per heavy atom. The van der Waals surface area contributed by atoms with Gasteiger partial charge in [0.1, 0.15) is 0 Å². The molecule has 1 saturated carbocycles.